The fraction of sp³-hybridized carbons (Fsp3) is 0.700. The van der Waals surface area contributed by atoms with Gasteiger partial charge in [-0.1, -0.05) is 38.5 Å². The zero-order chi connectivity index (χ0) is 20.2. The molecule has 2 fully saturated rings. The Morgan fingerprint density at radius 3 is 1.36 bits per heavy atom. The number of hydrogen-bond acceptors (Lipinski definition) is 6. The predicted molar refractivity (Wildman–Crippen MR) is 101 cm³/mol. The van der Waals surface area contributed by atoms with E-state index in [1.165, 1.54) is 12.8 Å². The Balaban J connectivity index is 1.56. The summed E-state index contributed by atoms with van der Waals surface area (Å²) >= 11 is 0. The summed E-state index contributed by atoms with van der Waals surface area (Å²) in [6.07, 6.45) is 12.3. The highest BCUT2D eigenvalue weighted by Gasteiger charge is 2.17. The standard InChI is InChI=1S/C20H30N2O6/c23-17(21-15-7-3-1-4-8-15)13-27-19(25)11-12-20(26)28-14-18(24)22-16-9-5-2-6-10-16/h11-12,15-16H,1-10,13-14H2,(H,21,23)(H,22,24)/b12-11+. The molecule has 2 amide bonds. The highest BCUT2D eigenvalue weighted by atomic mass is 16.5. The summed E-state index contributed by atoms with van der Waals surface area (Å²) in [5.74, 6) is -2.34. The molecule has 0 atom stereocenters. The molecule has 28 heavy (non-hydrogen) atoms. The summed E-state index contributed by atoms with van der Waals surface area (Å²) in [5.41, 5.74) is 0. The molecule has 2 aliphatic carbocycles. The zero-order valence-electron chi connectivity index (χ0n) is 16.2. The van der Waals surface area contributed by atoms with E-state index in [1.54, 1.807) is 0 Å². The normalized spacial score (nSPS) is 18.4. The van der Waals surface area contributed by atoms with E-state index in [0.717, 1.165) is 63.5 Å². The maximum Gasteiger partial charge on any atom is 0.331 e. The van der Waals surface area contributed by atoms with Gasteiger partial charge in [-0.05, 0) is 25.7 Å². The van der Waals surface area contributed by atoms with Gasteiger partial charge in [0.1, 0.15) is 0 Å². The van der Waals surface area contributed by atoms with Gasteiger partial charge < -0.3 is 20.1 Å². The number of esters is 2. The van der Waals surface area contributed by atoms with Gasteiger partial charge in [-0.15, -0.1) is 0 Å². The minimum Gasteiger partial charge on any atom is -0.452 e. The van der Waals surface area contributed by atoms with Crippen molar-refractivity contribution in [1.82, 2.24) is 10.6 Å². The first-order valence-electron chi connectivity index (χ1n) is 10.1. The van der Waals surface area contributed by atoms with Gasteiger partial charge in [-0.2, -0.15) is 0 Å². The van der Waals surface area contributed by atoms with Gasteiger partial charge in [0.2, 0.25) is 0 Å². The van der Waals surface area contributed by atoms with Crippen molar-refractivity contribution in [3.63, 3.8) is 0 Å². The van der Waals surface area contributed by atoms with Crippen LogP contribution in [0.3, 0.4) is 0 Å². The van der Waals surface area contributed by atoms with Crippen LogP contribution in [0.2, 0.25) is 0 Å². The van der Waals surface area contributed by atoms with E-state index in [1.807, 2.05) is 0 Å². The fourth-order valence-electron chi connectivity index (χ4n) is 3.54. The lowest BCUT2D eigenvalue weighted by Crippen LogP contribution is -2.38. The molecule has 0 bridgehead atoms. The molecule has 0 aromatic rings. The highest BCUT2D eigenvalue weighted by Crippen LogP contribution is 2.17. The minimum atomic E-state index is -0.817. The Morgan fingerprint density at radius 2 is 1.00 bits per heavy atom. The molecule has 0 aromatic carbocycles. The van der Waals surface area contributed by atoms with Crippen LogP contribution in [0, 0.1) is 0 Å². The largest absolute Gasteiger partial charge is 0.452 e. The Bertz CT molecular complexity index is 527. The number of rotatable bonds is 8. The van der Waals surface area contributed by atoms with Crippen molar-refractivity contribution in [2.24, 2.45) is 0 Å². The van der Waals surface area contributed by atoms with Crippen molar-refractivity contribution >= 4 is 23.8 Å². The molecule has 156 valence electrons. The van der Waals surface area contributed by atoms with E-state index in [-0.39, 0.29) is 23.9 Å². The van der Waals surface area contributed by atoms with E-state index < -0.39 is 25.2 Å². The molecule has 2 N–H and O–H groups in total. The molecule has 2 saturated carbocycles. The smallest absolute Gasteiger partial charge is 0.331 e. The van der Waals surface area contributed by atoms with Crippen molar-refractivity contribution in [3.05, 3.63) is 12.2 Å². The van der Waals surface area contributed by atoms with E-state index in [4.69, 9.17) is 9.47 Å². The van der Waals surface area contributed by atoms with Crippen LogP contribution >= 0.6 is 0 Å². The summed E-state index contributed by atoms with van der Waals surface area (Å²) in [6, 6.07) is 0.287. The van der Waals surface area contributed by atoms with Crippen molar-refractivity contribution in [3.8, 4) is 0 Å². The molecule has 0 unspecified atom stereocenters. The molecule has 2 aliphatic rings. The van der Waals surface area contributed by atoms with Gasteiger partial charge in [0.15, 0.2) is 13.2 Å². The fourth-order valence-corrected chi connectivity index (χ4v) is 3.54. The molecule has 0 spiro atoms. The number of hydrogen-bond donors (Lipinski definition) is 2. The van der Waals surface area contributed by atoms with Crippen LogP contribution in [0.15, 0.2) is 12.2 Å². The SMILES string of the molecule is O=C(COC(=O)/C=C/C(=O)OCC(=O)NC1CCCCC1)NC1CCCCC1. The third-order valence-electron chi connectivity index (χ3n) is 4.99. The Labute approximate surface area is 165 Å². The average Bonchev–Trinajstić information content (AvgIpc) is 2.70. The van der Waals surface area contributed by atoms with Crippen LogP contribution in [0.1, 0.15) is 64.2 Å². The monoisotopic (exact) mass is 394 g/mol. The van der Waals surface area contributed by atoms with E-state index in [2.05, 4.69) is 10.6 Å². The van der Waals surface area contributed by atoms with Crippen LogP contribution in [0.5, 0.6) is 0 Å². The van der Waals surface area contributed by atoms with Gasteiger partial charge in [-0.3, -0.25) is 9.59 Å². The second-order valence-corrected chi connectivity index (χ2v) is 7.35. The van der Waals surface area contributed by atoms with Crippen LogP contribution in [-0.2, 0) is 28.7 Å². The molecule has 0 aliphatic heterocycles. The minimum absolute atomic E-state index is 0.144. The molecular formula is C20H30N2O6. The molecule has 8 nitrogen and oxygen atoms in total. The lowest BCUT2D eigenvalue weighted by atomic mass is 9.95. The highest BCUT2D eigenvalue weighted by molar-refractivity contribution is 5.93. The van der Waals surface area contributed by atoms with Crippen LogP contribution in [-0.4, -0.2) is 49.1 Å². The summed E-state index contributed by atoms with van der Waals surface area (Å²) in [5, 5.41) is 5.66. The number of ether oxygens (including phenoxy) is 2. The Kier molecular flexibility index (Phi) is 9.51. The lowest BCUT2D eigenvalue weighted by Gasteiger charge is -2.22. The molecule has 8 heteroatoms. The quantitative estimate of drug-likeness (QED) is 0.477. The van der Waals surface area contributed by atoms with Crippen LogP contribution < -0.4 is 10.6 Å². The Morgan fingerprint density at radius 1 is 0.643 bits per heavy atom. The second-order valence-electron chi connectivity index (χ2n) is 7.35. The summed E-state index contributed by atoms with van der Waals surface area (Å²) in [4.78, 5) is 46.6. The van der Waals surface area contributed by atoms with Crippen molar-refractivity contribution in [2.45, 2.75) is 76.3 Å². The number of amides is 2. The van der Waals surface area contributed by atoms with Crippen LogP contribution in [0.25, 0.3) is 0 Å². The number of nitrogens with one attached hydrogen (secondary N) is 2. The first-order chi connectivity index (χ1) is 13.5. The second kappa shape index (κ2) is 12.2. The molecule has 0 heterocycles. The van der Waals surface area contributed by atoms with E-state index in [9.17, 15) is 19.2 Å². The van der Waals surface area contributed by atoms with Gasteiger partial charge in [0, 0.05) is 24.2 Å². The van der Waals surface area contributed by atoms with Gasteiger partial charge in [0.05, 0.1) is 0 Å². The van der Waals surface area contributed by atoms with E-state index >= 15 is 0 Å². The molecule has 0 aromatic heterocycles. The molecular weight excluding hydrogens is 364 g/mol. The topological polar surface area (TPSA) is 111 Å². The first-order valence-corrected chi connectivity index (χ1v) is 10.1. The molecule has 0 radical (unpaired) electrons. The molecule has 2 rings (SSSR count). The average molecular weight is 394 g/mol. The van der Waals surface area contributed by atoms with Gasteiger partial charge in [0.25, 0.3) is 11.8 Å². The maximum atomic E-state index is 11.7. The summed E-state index contributed by atoms with van der Waals surface area (Å²) in [6.45, 7) is -0.781. The van der Waals surface area contributed by atoms with Crippen molar-refractivity contribution in [2.75, 3.05) is 13.2 Å². The third-order valence-corrected chi connectivity index (χ3v) is 4.99. The predicted octanol–water partition coefficient (Wildman–Crippen LogP) is 1.53. The number of carbonyl (C=O) groups excluding carboxylic acids is 4. The van der Waals surface area contributed by atoms with Crippen molar-refractivity contribution < 1.29 is 28.7 Å². The summed E-state index contributed by atoms with van der Waals surface area (Å²) < 4.78 is 9.59. The van der Waals surface area contributed by atoms with Gasteiger partial charge in [-0.25, -0.2) is 9.59 Å². The summed E-state index contributed by atoms with van der Waals surface area (Å²) in [7, 11) is 0. The van der Waals surface area contributed by atoms with Crippen LogP contribution in [0.4, 0.5) is 0 Å². The third kappa shape index (κ3) is 9.01. The van der Waals surface area contributed by atoms with E-state index in [0.29, 0.717) is 0 Å². The Hall–Kier alpha value is -2.38. The number of carbonyl (C=O) groups is 4. The zero-order valence-corrected chi connectivity index (χ0v) is 16.2. The first kappa shape index (κ1) is 21.9. The maximum absolute atomic E-state index is 11.7. The van der Waals surface area contributed by atoms with Crippen molar-refractivity contribution in [1.29, 1.82) is 0 Å². The van der Waals surface area contributed by atoms with Gasteiger partial charge >= 0.3 is 11.9 Å². The molecule has 0 saturated heterocycles. The lowest BCUT2D eigenvalue weighted by molar-refractivity contribution is -0.145.